The van der Waals surface area contributed by atoms with Gasteiger partial charge >= 0.3 is 0 Å². The minimum absolute atomic E-state index is 0.157. The first-order chi connectivity index (χ1) is 9.65. The van der Waals surface area contributed by atoms with Gasteiger partial charge in [0.05, 0.1) is 18.7 Å². The molecule has 0 unspecified atom stereocenters. The summed E-state index contributed by atoms with van der Waals surface area (Å²) < 4.78 is 5.46. The standard InChI is InChI=1S/C15H15ClN2O2/c1-11-9-13(15(16)17-10-11)18-14(19)7-8-20-12-5-3-2-4-6-12/h2-6,9-10H,7-8H2,1H3,(H,18,19). The number of nitrogens with one attached hydrogen (secondary N) is 1. The number of para-hydroxylation sites is 1. The summed E-state index contributed by atoms with van der Waals surface area (Å²) in [6, 6.07) is 11.2. The predicted molar refractivity (Wildman–Crippen MR) is 79.2 cm³/mol. The first-order valence-corrected chi connectivity index (χ1v) is 6.63. The molecule has 2 aromatic rings. The van der Waals surface area contributed by atoms with Gasteiger partial charge in [0.1, 0.15) is 5.75 Å². The minimum atomic E-state index is -0.157. The Hall–Kier alpha value is -2.07. The number of benzene rings is 1. The van der Waals surface area contributed by atoms with E-state index in [1.807, 2.05) is 37.3 Å². The molecule has 5 heteroatoms. The Labute approximate surface area is 122 Å². The second-order valence-electron chi connectivity index (χ2n) is 4.31. The van der Waals surface area contributed by atoms with Crippen LogP contribution in [-0.2, 0) is 4.79 Å². The van der Waals surface area contributed by atoms with Crippen molar-refractivity contribution in [2.75, 3.05) is 11.9 Å². The predicted octanol–water partition coefficient (Wildman–Crippen LogP) is 3.45. The van der Waals surface area contributed by atoms with Crippen molar-refractivity contribution in [1.29, 1.82) is 0 Å². The van der Waals surface area contributed by atoms with Crippen molar-refractivity contribution >= 4 is 23.2 Å². The van der Waals surface area contributed by atoms with Crippen LogP contribution in [-0.4, -0.2) is 17.5 Å². The van der Waals surface area contributed by atoms with Gasteiger partial charge in [0.15, 0.2) is 5.15 Å². The average Bonchev–Trinajstić information content (AvgIpc) is 2.44. The van der Waals surface area contributed by atoms with Crippen LogP contribution < -0.4 is 10.1 Å². The van der Waals surface area contributed by atoms with Gasteiger partial charge in [-0.25, -0.2) is 4.98 Å². The number of aromatic nitrogens is 1. The fraction of sp³-hybridized carbons (Fsp3) is 0.200. The summed E-state index contributed by atoms with van der Waals surface area (Å²) in [4.78, 5) is 15.8. The molecule has 1 aromatic carbocycles. The quantitative estimate of drug-likeness (QED) is 0.858. The number of aryl methyl sites for hydroxylation is 1. The molecular formula is C15H15ClN2O2. The van der Waals surface area contributed by atoms with E-state index in [9.17, 15) is 4.79 Å². The number of carbonyl (C=O) groups is 1. The molecule has 0 bridgehead atoms. The van der Waals surface area contributed by atoms with E-state index < -0.39 is 0 Å². The largest absolute Gasteiger partial charge is 0.493 e. The highest BCUT2D eigenvalue weighted by Gasteiger charge is 2.07. The van der Waals surface area contributed by atoms with Crippen LogP contribution >= 0.6 is 11.6 Å². The number of amides is 1. The number of anilines is 1. The Balaban J connectivity index is 1.82. The highest BCUT2D eigenvalue weighted by atomic mass is 35.5. The molecular weight excluding hydrogens is 276 g/mol. The van der Waals surface area contributed by atoms with Gasteiger partial charge in [0.2, 0.25) is 5.91 Å². The van der Waals surface area contributed by atoms with Crippen LogP contribution in [0.25, 0.3) is 0 Å². The molecule has 0 aliphatic heterocycles. The van der Waals surface area contributed by atoms with Crippen molar-refractivity contribution < 1.29 is 9.53 Å². The van der Waals surface area contributed by atoms with Crippen molar-refractivity contribution in [3.63, 3.8) is 0 Å². The lowest BCUT2D eigenvalue weighted by Crippen LogP contribution is -2.15. The molecule has 0 fully saturated rings. The summed E-state index contributed by atoms with van der Waals surface area (Å²) in [5.41, 5.74) is 1.46. The number of nitrogens with zero attached hydrogens (tertiary/aromatic N) is 1. The summed E-state index contributed by atoms with van der Waals surface area (Å²) in [5, 5.41) is 3.01. The molecule has 1 N–H and O–H groups in total. The van der Waals surface area contributed by atoms with Crippen LogP contribution in [0.3, 0.4) is 0 Å². The Morgan fingerprint density at radius 2 is 2.10 bits per heavy atom. The third-order valence-electron chi connectivity index (χ3n) is 2.59. The van der Waals surface area contributed by atoms with E-state index in [0.29, 0.717) is 12.3 Å². The highest BCUT2D eigenvalue weighted by molar-refractivity contribution is 6.32. The van der Waals surface area contributed by atoms with Crippen LogP contribution in [0, 0.1) is 6.92 Å². The molecule has 1 amide bonds. The van der Waals surface area contributed by atoms with Crippen molar-refractivity contribution in [3.05, 3.63) is 53.3 Å². The topological polar surface area (TPSA) is 51.2 Å². The van der Waals surface area contributed by atoms with Crippen LogP contribution in [0.5, 0.6) is 5.75 Å². The number of hydrogen-bond acceptors (Lipinski definition) is 3. The van der Waals surface area contributed by atoms with E-state index in [1.54, 1.807) is 12.3 Å². The fourth-order valence-corrected chi connectivity index (χ4v) is 1.78. The maximum Gasteiger partial charge on any atom is 0.227 e. The number of halogens is 1. The van der Waals surface area contributed by atoms with E-state index in [-0.39, 0.29) is 17.5 Å². The van der Waals surface area contributed by atoms with Gasteiger partial charge in [-0.3, -0.25) is 4.79 Å². The van der Waals surface area contributed by atoms with Gasteiger partial charge in [-0.1, -0.05) is 29.8 Å². The Bertz CT molecular complexity index is 588. The SMILES string of the molecule is Cc1cnc(Cl)c(NC(=O)CCOc2ccccc2)c1. The Morgan fingerprint density at radius 3 is 2.85 bits per heavy atom. The normalized spacial score (nSPS) is 10.1. The van der Waals surface area contributed by atoms with Gasteiger partial charge in [-0.15, -0.1) is 0 Å². The van der Waals surface area contributed by atoms with Gasteiger partial charge in [-0.2, -0.15) is 0 Å². The first-order valence-electron chi connectivity index (χ1n) is 6.25. The molecule has 0 spiro atoms. The molecule has 0 radical (unpaired) electrons. The molecule has 4 nitrogen and oxygen atoms in total. The fourth-order valence-electron chi connectivity index (χ4n) is 1.63. The number of hydrogen-bond donors (Lipinski definition) is 1. The molecule has 0 aliphatic rings. The van der Waals surface area contributed by atoms with Gasteiger partial charge < -0.3 is 10.1 Å². The van der Waals surface area contributed by atoms with Gasteiger partial charge in [0, 0.05) is 6.20 Å². The Morgan fingerprint density at radius 1 is 1.35 bits per heavy atom. The molecule has 1 aromatic heterocycles. The van der Waals surface area contributed by atoms with Crippen molar-refractivity contribution in [1.82, 2.24) is 4.98 Å². The van der Waals surface area contributed by atoms with Crippen molar-refractivity contribution in [3.8, 4) is 5.75 Å². The molecule has 0 saturated carbocycles. The monoisotopic (exact) mass is 290 g/mol. The van der Waals surface area contributed by atoms with Crippen LogP contribution in [0.1, 0.15) is 12.0 Å². The lowest BCUT2D eigenvalue weighted by molar-refractivity contribution is -0.116. The zero-order valence-electron chi connectivity index (χ0n) is 11.1. The number of ether oxygens (including phenoxy) is 1. The molecule has 0 saturated heterocycles. The third-order valence-corrected chi connectivity index (χ3v) is 2.89. The van der Waals surface area contributed by atoms with E-state index >= 15 is 0 Å². The second-order valence-corrected chi connectivity index (χ2v) is 4.67. The van der Waals surface area contributed by atoms with E-state index in [1.165, 1.54) is 0 Å². The number of carbonyl (C=O) groups excluding carboxylic acids is 1. The number of pyridine rings is 1. The summed E-state index contributed by atoms with van der Waals surface area (Å²) in [6.07, 6.45) is 1.90. The summed E-state index contributed by atoms with van der Waals surface area (Å²) in [7, 11) is 0. The molecule has 2 rings (SSSR count). The lowest BCUT2D eigenvalue weighted by Gasteiger charge is -2.08. The maximum absolute atomic E-state index is 11.8. The lowest BCUT2D eigenvalue weighted by atomic mass is 10.3. The highest BCUT2D eigenvalue weighted by Crippen LogP contribution is 2.19. The minimum Gasteiger partial charge on any atom is -0.493 e. The first kappa shape index (κ1) is 14.3. The Kier molecular flexibility index (Phi) is 4.96. The third kappa shape index (κ3) is 4.24. The van der Waals surface area contributed by atoms with Crippen molar-refractivity contribution in [2.24, 2.45) is 0 Å². The van der Waals surface area contributed by atoms with Crippen LogP contribution in [0.2, 0.25) is 5.15 Å². The van der Waals surface area contributed by atoms with Crippen LogP contribution in [0.4, 0.5) is 5.69 Å². The zero-order valence-corrected chi connectivity index (χ0v) is 11.9. The summed E-state index contributed by atoms with van der Waals surface area (Å²) >= 11 is 5.91. The molecule has 104 valence electrons. The van der Waals surface area contributed by atoms with Gasteiger partial charge in [-0.05, 0) is 30.7 Å². The zero-order chi connectivity index (χ0) is 14.4. The molecule has 0 atom stereocenters. The van der Waals surface area contributed by atoms with E-state index in [0.717, 1.165) is 11.3 Å². The average molecular weight is 291 g/mol. The molecule has 1 heterocycles. The van der Waals surface area contributed by atoms with Crippen LogP contribution in [0.15, 0.2) is 42.6 Å². The van der Waals surface area contributed by atoms with E-state index in [2.05, 4.69) is 10.3 Å². The smallest absolute Gasteiger partial charge is 0.227 e. The van der Waals surface area contributed by atoms with E-state index in [4.69, 9.17) is 16.3 Å². The maximum atomic E-state index is 11.8. The summed E-state index contributed by atoms with van der Waals surface area (Å²) in [5.74, 6) is 0.589. The number of rotatable bonds is 5. The van der Waals surface area contributed by atoms with Crippen molar-refractivity contribution in [2.45, 2.75) is 13.3 Å². The van der Waals surface area contributed by atoms with Gasteiger partial charge in [0.25, 0.3) is 0 Å². The second kappa shape index (κ2) is 6.91. The molecule has 0 aliphatic carbocycles. The molecule has 20 heavy (non-hydrogen) atoms. The summed E-state index contributed by atoms with van der Waals surface area (Å²) in [6.45, 7) is 2.20.